The summed E-state index contributed by atoms with van der Waals surface area (Å²) in [4.78, 5) is 43.5. The minimum absolute atomic E-state index is 0.0307. The van der Waals surface area contributed by atoms with Crippen molar-refractivity contribution < 1.29 is 27.9 Å². The lowest BCUT2D eigenvalue weighted by atomic mass is 9.85. The Morgan fingerprint density at radius 1 is 1.11 bits per heavy atom. The molecular weight excluding hydrogens is 494 g/mol. The summed E-state index contributed by atoms with van der Waals surface area (Å²) >= 11 is 0. The fraction of sp³-hybridized carbons (Fsp3) is 0.679. The van der Waals surface area contributed by atoms with Crippen LogP contribution in [0.1, 0.15) is 54.4 Å². The molecule has 0 radical (unpaired) electrons. The van der Waals surface area contributed by atoms with Gasteiger partial charge in [-0.3, -0.25) is 14.4 Å². The molecule has 2 saturated heterocycles. The number of amides is 3. The second-order valence-corrected chi connectivity index (χ2v) is 12.0. The zero-order valence-electron chi connectivity index (χ0n) is 23.5. The zero-order valence-corrected chi connectivity index (χ0v) is 23.5. The standard InChI is InChI=1S/C28H42F2N4O4/c1-16(2)12-23(35)34-14-18(15-38-19-8-9-20(29)21(30)13-19)24-22(34)10-11-33(24)27(37)25(28(4,5)6)32-26(36)17(3)31-7/h8-9,13,16-18,22,24-25,31H,10-12,14-15H2,1-7H3,(H,32,36). The molecule has 0 bridgehead atoms. The molecule has 3 amide bonds. The van der Waals surface area contributed by atoms with Crippen LogP contribution in [0.2, 0.25) is 0 Å². The molecule has 212 valence electrons. The van der Waals surface area contributed by atoms with Crippen LogP contribution in [0.15, 0.2) is 18.2 Å². The Morgan fingerprint density at radius 2 is 1.79 bits per heavy atom. The Labute approximate surface area is 224 Å². The fourth-order valence-electron chi connectivity index (χ4n) is 5.35. The Bertz CT molecular complexity index is 1030. The Morgan fingerprint density at radius 3 is 2.37 bits per heavy atom. The van der Waals surface area contributed by atoms with Gasteiger partial charge in [-0.15, -0.1) is 0 Å². The van der Waals surface area contributed by atoms with E-state index in [9.17, 15) is 23.2 Å². The van der Waals surface area contributed by atoms with Crippen LogP contribution in [-0.2, 0) is 14.4 Å². The van der Waals surface area contributed by atoms with Crippen LogP contribution in [0, 0.1) is 28.9 Å². The van der Waals surface area contributed by atoms with Crippen molar-refractivity contribution in [2.24, 2.45) is 17.3 Å². The molecule has 2 aliphatic heterocycles. The molecular formula is C28H42F2N4O4. The summed E-state index contributed by atoms with van der Waals surface area (Å²) in [6.07, 6.45) is 1.02. The molecule has 8 nitrogen and oxygen atoms in total. The number of ether oxygens (including phenoxy) is 1. The lowest BCUT2D eigenvalue weighted by molar-refractivity contribution is -0.141. The number of carbonyl (C=O) groups is 3. The largest absolute Gasteiger partial charge is 0.493 e. The third kappa shape index (κ3) is 6.62. The number of nitrogens with one attached hydrogen (secondary N) is 2. The molecule has 10 heteroatoms. The van der Waals surface area contributed by atoms with E-state index in [1.165, 1.54) is 6.07 Å². The first-order chi connectivity index (χ1) is 17.7. The second kappa shape index (κ2) is 12.0. The SMILES string of the molecule is CNC(C)C(=O)NC(C(=O)N1CCC2C1C(COc1ccc(F)c(F)c1)CN2C(=O)CC(C)C)C(C)(C)C. The van der Waals surface area contributed by atoms with Crippen LogP contribution in [0.5, 0.6) is 5.75 Å². The summed E-state index contributed by atoms with van der Waals surface area (Å²) in [5, 5.41) is 5.83. The molecule has 38 heavy (non-hydrogen) atoms. The smallest absolute Gasteiger partial charge is 0.246 e. The van der Waals surface area contributed by atoms with E-state index < -0.39 is 29.1 Å². The van der Waals surface area contributed by atoms with Crippen LogP contribution in [0.3, 0.4) is 0 Å². The van der Waals surface area contributed by atoms with Crippen molar-refractivity contribution in [2.45, 2.75) is 78.6 Å². The van der Waals surface area contributed by atoms with Gasteiger partial charge in [0.15, 0.2) is 11.6 Å². The highest BCUT2D eigenvalue weighted by molar-refractivity contribution is 5.90. The predicted molar refractivity (Wildman–Crippen MR) is 140 cm³/mol. The molecule has 3 rings (SSSR count). The van der Waals surface area contributed by atoms with Crippen molar-refractivity contribution in [3.63, 3.8) is 0 Å². The molecule has 0 aliphatic carbocycles. The van der Waals surface area contributed by atoms with E-state index in [4.69, 9.17) is 4.74 Å². The number of likely N-dealkylation sites (tertiary alicyclic amines) is 2. The van der Waals surface area contributed by atoms with E-state index in [1.54, 1.807) is 18.9 Å². The van der Waals surface area contributed by atoms with Gasteiger partial charge in [-0.25, -0.2) is 8.78 Å². The van der Waals surface area contributed by atoms with E-state index >= 15 is 0 Å². The van der Waals surface area contributed by atoms with Crippen LogP contribution in [-0.4, -0.2) is 78.4 Å². The summed E-state index contributed by atoms with van der Waals surface area (Å²) in [6, 6.07) is 1.65. The van der Waals surface area contributed by atoms with Gasteiger partial charge >= 0.3 is 0 Å². The molecule has 2 N–H and O–H groups in total. The summed E-state index contributed by atoms with van der Waals surface area (Å²) in [7, 11) is 1.68. The summed E-state index contributed by atoms with van der Waals surface area (Å²) in [5.41, 5.74) is -0.554. The van der Waals surface area contributed by atoms with E-state index in [0.717, 1.165) is 12.1 Å². The number of carbonyl (C=O) groups excluding carboxylic acids is 3. The molecule has 0 spiro atoms. The van der Waals surface area contributed by atoms with Gasteiger partial charge in [0.05, 0.1) is 24.7 Å². The van der Waals surface area contributed by atoms with Crippen LogP contribution in [0.25, 0.3) is 0 Å². The Hall–Kier alpha value is -2.75. The summed E-state index contributed by atoms with van der Waals surface area (Å²) in [6.45, 7) is 12.4. The average molecular weight is 537 g/mol. The zero-order chi connectivity index (χ0) is 28.4. The minimum atomic E-state index is -1.00. The molecule has 2 fully saturated rings. The quantitative estimate of drug-likeness (QED) is 0.507. The Kier molecular flexibility index (Phi) is 9.39. The van der Waals surface area contributed by atoms with E-state index in [2.05, 4.69) is 10.6 Å². The van der Waals surface area contributed by atoms with Crippen molar-refractivity contribution in [3.8, 4) is 5.75 Å². The number of halogens is 2. The first kappa shape index (κ1) is 29.8. The average Bonchev–Trinajstić information content (AvgIpc) is 3.42. The third-order valence-electron chi connectivity index (χ3n) is 7.50. The molecule has 2 heterocycles. The molecule has 2 aliphatic rings. The van der Waals surface area contributed by atoms with Gasteiger partial charge in [0.2, 0.25) is 17.7 Å². The fourth-order valence-corrected chi connectivity index (χ4v) is 5.35. The van der Waals surface area contributed by atoms with Crippen molar-refractivity contribution in [3.05, 3.63) is 29.8 Å². The molecule has 0 saturated carbocycles. The number of rotatable bonds is 9. The maximum absolute atomic E-state index is 14.0. The maximum atomic E-state index is 14.0. The highest BCUT2D eigenvalue weighted by Crippen LogP contribution is 2.38. The van der Waals surface area contributed by atoms with Crippen LogP contribution in [0.4, 0.5) is 8.78 Å². The normalized spacial score (nSPS) is 22.8. The van der Waals surface area contributed by atoms with E-state index in [1.807, 2.05) is 39.5 Å². The third-order valence-corrected chi connectivity index (χ3v) is 7.50. The molecule has 5 atom stereocenters. The van der Waals surface area contributed by atoms with Crippen LogP contribution >= 0.6 is 0 Å². The highest BCUT2D eigenvalue weighted by atomic mass is 19.2. The monoisotopic (exact) mass is 536 g/mol. The lowest BCUT2D eigenvalue weighted by Crippen LogP contribution is -2.59. The molecule has 1 aromatic rings. The number of nitrogens with zero attached hydrogens (tertiary/aromatic N) is 2. The maximum Gasteiger partial charge on any atom is 0.246 e. The first-order valence-corrected chi connectivity index (χ1v) is 13.4. The van der Waals surface area contributed by atoms with Crippen molar-refractivity contribution in [1.82, 2.24) is 20.4 Å². The van der Waals surface area contributed by atoms with Gasteiger partial charge in [0.1, 0.15) is 11.8 Å². The molecule has 1 aromatic carbocycles. The number of benzene rings is 1. The van der Waals surface area contributed by atoms with E-state index in [-0.39, 0.29) is 54.0 Å². The predicted octanol–water partition coefficient (Wildman–Crippen LogP) is 2.96. The minimum Gasteiger partial charge on any atom is -0.493 e. The van der Waals surface area contributed by atoms with Gasteiger partial charge in [-0.05, 0) is 43.9 Å². The topological polar surface area (TPSA) is 91.0 Å². The molecule has 5 unspecified atom stereocenters. The summed E-state index contributed by atoms with van der Waals surface area (Å²) < 4.78 is 33.0. The van der Waals surface area contributed by atoms with Crippen molar-refractivity contribution >= 4 is 17.7 Å². The van der Waals surface area contributed by atoms with Gasteiger partial charge in [0.25, 0.3) is 0 Å². The summed E-state index contributed by atoms with van der Waals surface area (Å²) in [5.74, 6) is -2.26. The molecule has 0 aromatic heterocycles. The van der Waals surface area contributed by atoms with Crippen molar-refractivity contribution in [1.29, 1.82) is 0 Å². The number of fused-ring (bicyclic) bond motifs is 1. The number of hydrogen-bond donors (Lipinski definition) is 2. The van der Waals surface area contributed by atoms with Gasteiger partial charge in [-0.2, -0.15) is 0 Å². The van der Waals surface area contributed by atoms with Gasteiger partial charge in [-0.1, -0.05) is 34.6 Å². The Balaban J connectivity index is 1.87. The highest BCUT2D eigenvalue weighted by Gasteiger charge is 2.53. The second-order valence-electron chi connectivity index (χ2n) is 12.0. The van der Waals surface area contributed by atoms with Gasteiger partial charge in [0, 0.05) is 31.5 Å². The van der Waals surface area contributed by atoms with Gasteiger partial charge < -0.3 is 25.2 Å². The van der Waals surface area contributed by atoms with Crippen LogP contribution < -0.4 is 15.4 Å². The van der Waals surface area contributed by atoms with E-state index in [0.29, 0.717) is 25.9 Å². The van der Waals surface area contributed by atoms with Crippen molar-refractivity contribution in [2.75, 3.05) is 26.7 Å². The number of likely N-dealkylation sites (N-methyl/N-ethyl adjacent to an activating group) is 1. The number of hydrogen-bond acceptors (Lipinski definition) is 5. The lowest BCUT2D eigenvalue weighted by Gasteiger charge is -2.37. The first-order valence-electron chi connectivity index (χ1n) is 13.4.